The van der Waals surface area contributed by atoms with Crippen LogP contribution in [-0.2, 0) is 20.0 Å². The summed E-state index contributed by atoms with van der Waals surface area (Å²) >= 11 is 3.31. The van der Waals surface area contributed by atoms with Gasteiger partial charge >= 0.3 is 0 Å². The molecule has 0 aliphatic carbocycles. The second-order valence-corrected chi connectivity index (χ2v) is 10.9. The molecule has 0 aromatic heterocycles. The van der Waals surface area contributed by atoms with Crippen LogP contribution in [0.5, 0.6) is 5.75 Å². The van der Waals surface area contributed by atoms with Crippen LogP contribution in [-0.4, -0.2) is 35.7 Å². The van der Waals surface area contributed by atoms with E-state index < -0.39 is 20.0 Å². The predicted molar refractivity (Wildman–Crippen MR) is 113 cm³/mol. The summed E-state index contributed by atoms with van der Waals surface area (Å²) in [6.07, 6.45) is 1.33. The van der Waals surface area contributed by atoms with E-state index in [0.717, 1.165) is 10.9 Å². The van der Waals surface area contributed by atoms with Crippen molar-refractivity contribution in [2.45, 2.75) is 24.7 Å². The van der Waals surface area contributed by atoms with Crippen LogP contribution in [0.15, 0.2) is 51.8 Å². The minimum absolute atomic E-state index is 0.0542. The summed E-state index contributed by atoms with van der Waals surface area (Å²) in [5.41, 5.74) is 0.700. The van der Waals surface area contributed by atoms with Gasteiger partial charge in [-0.3, -0.25) is 9.03 Å². The van der Waals surface area contributed by atoms with Crippen molar-refractivity contribution in [3.63, 3.8) is 0 Å². The summed E-state index contributed by atoms with van der Waals surface area (Å²) in [7, 11) is -7.46. The molecule has 1 saturated heterocycles. The zero-order chi connectivity index (χ0) is 20.4. The van der Waals surface area contributed by atoms with Gasteiger partial charge in [0.15, 0.2) is 0 Å². The molecule has 0 spiro atoms. The Kier molecular flexibility index (Phi) is 6.21. The van der Waals surface area contributed by atoms with Gasteiger partial charge in [0.05, 0.1) is 18.0 Å². The lowest BCUT2D eigenvalue weighted by Crippen LogP contribution is -2.37. The quantitative estimate of drug-likeness (QED) is 0.670. The van der Waals surface area contributed by atoms with E-state index >= 15 is 0 Å². The van der Waals surface area contributed by atoms with Crippen LogP contribution in [0.4, 0.5) is 11.4 Å². The molecule has 0 bridgehead atoms. The van der Waals surface area contributed by atoms with Crippen molar-refractivity contribution < 1.29 is 21.6 Å². The lowest BCUT2D eigenvalue weighted by molar-refractivity contribution is 0.331. The minimum Gasteiger partial charge on any atom is -0.492 e. The Morgan fingerprint density at radius 1 is 1.18 bits per heavy atom. The molecule has 2 aromatic carbocycles. The Morgan fingerprint density at radius 3 is 2.64 bits per heavy atom. The summed E-state index contributed by atoms with van der Waals surface area (Å²) in [4.78, 5) is -0.104. The fourth-order valence-electron chi connectivity index (χ4n) is 2.98. The van der Waals surface area contributed by atoms with E-state index in [2.05, 4.69) is 20.7 Å². The highest BCUT2D eigenvalue weighted by Crippen LogP contribution is 2.33. The van der Waals surface area contributed by atoms with E-state index in [1.807, 2.05) is 0 Å². The Bertz CT molecular complexity index is 1070. The van der Waals surface area contributed by atoms with Crippen molar-refractivity contribution in [1.29, 1.82) is 0 Å². The largest absolute Gasteiger partial charge is 0.492 e. The maximum absolute atomic E-state index is 13.0. The molecular formula is C18H21BrN2O5S2. The average Bonchev–Trinajstić information content (AvgIpc) is 2.62. The van der Waals surface area contributed by atoms with E-state index in [9.17, 15) is 16.8 Å². The first-order chi connectivity index (χ1) is 13.2. The molecule has 10 heteroatoms. The molecule has 1 fully saturated rings. The highest BCUT2D eigenvalue weighted by molar-refractivity contribution is 9.10. The molecule has 1 aliphatic heterocycles. The van der Waals surface area contributed by atoms with E-state index in [4.69, 9.17) is 4.74 Å². The molecule has 0 unspecified atom stereocenters. The van der Waals surface area contributed by atoms with Crippen molar-refractivity contribution in [3.8, 4) is 5.75 Å². The fourth-order valence-corrected chi connectivity index (χ4v) is 6.22. The summed E-state index contributed by atoms with van der Waals surface area (Å²) < 4.78 is 60.9. The summed E-state index contributed by atoms with van der Waals surface area (Å²) in [6, 6.07) is 11.2. The SMILES string of the molecule is CCOc1ccc(N2CCCCS2(=O)=O)cc1S(=O)(=O)Nc1cccc(Br)c1. The van der Waals surface area contributed by atoms with E-state index in [-0.39, 0.29) is 23.0 Å². The van der Waals surface area contributed by atoms with Gasteiger partial charge in [-0.25, -0.2) is 16.8 Å². The minimum atomic E-state index is -4.00. The Balaban J connectivity index is 2.04. The molecule has 1 aliphatic rings. The van der Waals surface area contributed by atoms with Gasteiger partial charge in [-0.05, 0) is 56.2 Å². The first-order valence-corrected chi connectivity index (χ1v) is 12.7. The van der Waals surface area contributed by atoms with Crippen LogP contribution in [0.3, 0.4) is 0 Å². The van der Waals surface area contributed by atoms with Gasteiger partial charge in [-0.15, -0.1) is 0 Å². The monoisotopic (exact) mass is 488 g/mol. The van der Waals surface area contributed by atoms with Crippen LogP contribution < -0.4 is 13.8 Å². The van der Waals surface area contributed by atoms with Crippen LogP contribution in [0.1, 0.15) is 19.8 Å². The molecule has 0 amide bonds. The van der Waals surface area contributed by atoms with E-state index in [1.54, 1.807) is 37.3 Å². The number of sulfonamides is 2. The third kappa shape index (κ3) is 4.61. The number of nitrogens with one attached hydrogen (secondary N) is 1. The predicted octanol–water partition coefficient (Wildman–Crippen LogP) is 3.58. The number of hydrogen-bond donors (Lipinski definition) is 1. The second kappa shape index (κ2) is 8.30. The third-order valence-electron chi connectivity index (χ3n) is 4.23. The van der Waals surface area contributed by atoms with Crippen molar-refractivity contribution in [2.75, 3.05) is 27.9 Å². The maximum Gasteiger partial charge on any atom is 0.265 e. The number of benzene rings is 2. The van der Waals surface area contributed by atoms with Crippen LogP contribution in [0.2, 0.25) is 0 Å². The topological polar surface area (TPSA) is 92.8 Å². The second-order valence-electron chi connectivity index (χ2n) is 6.28. The smallest absolute Gasteiger partial charge is 0.265 e. The molecule has 7 nitrogen and oxygen atoms in total. The fraction of sp³-hybridized carbons (Fsp3) is 0.333. The molecule has 1 N–H and O–H groups in total. The highest BCUT2D eigenvalue weighted by Gasteiger charge is 2.29. The number of hydrogen-bond acceptors (Lipinski definition) is 5. The Labute approximate surface area is 173 Å². The molecule has 0 saturated carbocycles. The zero-order valence-corrected chi connectivity index (χ0v) is 18.5. The zero-order valence-electron chi connectivity index (χ0n) is 15.3. The Morgan fingerprint density at radius 2 is 1.96 bits per heavy atom. The average molecular weight is 489 g/mol. The van der Waals surface area contributed by atoms with Crippen LogP contribution in [0, 0.1) is 0 Å². The first kappa shape index (κ1) is 20.9. The Hall–Kier alpha value is -1.78. The standard InChI is InChI=1S/C18H21BrN2O5S2/c1-2-26-17-9-8-16(21-10-3-4-11-27(21,22)23)13-18(17)28(24,25)20-15-7-5-6-14(19)12-15/h5-9,12-13,20H,2-4,10-11H2,1H3. The normalized spacial score (nSPS) is 16.6. The molecule has 28 heavy (non-hydrogen) atoms. The first-order valence-electron chi connectivity index (χ1n) is 8.78. The van der Waals surface area contributed by atoms with E-state index in [0.29, 0.717) is 24.3 Å². The lowest BCUT2D eigenvalue weighted by atomic mass is 10.2. The summed E-state index contributed by atoms with van der Waals surface area (Å²) in [5.74, 6) is 0.224. The van der Waals surface area contributed by atoms with Crippen LogP contribution in [0.25, 0.3) is 0 Å². The third-order valence-corrected chi connectivity index (χ3v) is 8.00. The van der Waals surface area contributed by atoms with Gasteiger partial charge in [-0.1, -0.05) is 22.0 Å². The number of nitrogens with zero attached hydrogens (tertiary/aromatic N) is 1. The summed E-state index contributed by atoms with van der Waals surface area (Å²) in [5, 5.41) is 0. The summed E-state index contributed by atoms with van der Waals surface area (Å²) in [6.45, 7) is 2.36. The van der Waals surface area contributed by atoms with Gasteiger partial charge in [0.25, 0.3) is 10.0 Å². The van der Waals surface area contributed by atoms with Gasteiger partial charge < -0.3 is 4.74 Å². The van der Waals surface area contributed by atoms with Gasteiger partial charge in [0.1, 0.15) is 10.6 Å². The number of ether oxygens (including phenoxy) is 1. The van der Waals surface area contributed by atoms with Gasteiger partial charge in [-0.2, -0.15) is 0 Å². The number of rotatable bonds is 6. The molecule has 3 rings (SSSR count). The van der Waals surface area contributed by atoms with Crippen molar-refractivity contribution in [1.82, 2.24) is 0 Å². The van der Waals surface area contributed by atoms with Crippen LogP contribution >= 0.6 is 15.9 Å². The molecule has 0 atom stereocenters. The van der Waals surface area contributed by atoms with Gasteiger partial charge in [0, 0.05) is 16.7 Å². The van der Waals surface area contributed by atoms with E-state index in [1.165, 1.54) is 16.4 Å². The van der Waals surface area contributed by atoms with Crippen molar-refractivity contribution in [2.24, 2.45) is 0 Å². The number of halogens is 1. The molecule has 1 heterocycles. The molecule has 152 valence electrons. The highest BCUT2D eigenvalue weighted by atomic mass is 79.9. The molecular weight excluding hydrogens is 468 g/mol. The molecule has 2 aromatic rings. The van der Waals surface area contributed by atoms with Crippen molar-refractivity contribution >= 4 is 47.4 Å². The lowest BCUT2D eigenvalue weighted by Gasteiger charge is -2.28. The number of anilines is 2. The van der Waals surface area contributed by atoms with Crippen molar-refractivity contribution in [3.05, 3.63) is 46.9 Å². The molecule has 0 radical (unpaired) electrons. The maximum atomic E-state index is 13.0. The van der Waals surface area contributed by atoms with Gasteiger partial charge in [0.2, 0.25) is 10.0 Å².